The third-order valence-corrected chi connectivity index (χ3v) is 4.02. The van der Waals surface area contributed by atoms with Crippen LogP contribution in [0.4, 0.5) is 32.0 Å². The van der Waals surface area contributed by atoms with Gasteiger partial charge in [0.05, 0.1) is 36.9 Å². The minimum absolute atomic E-state index is 0.0451. The van der Waals surface area contributed by atoms with Gasteiger partial charge in [-0.25, -0.2) is 0 Å². The van der Waals surface area contributed by atoms with Gasteiger partial charge in [-0.1, -0.05) is 46.4 Å². The van der Waals surface area contributed by atoms with Gasteiger partial charge in [-0.05, 0) is 30.3 Å². The molecule has 0 radical (unpaired) electrons. The van der Waals surface area contributed by atoms with Crippen LogP contribution in [0.25, 0.3) is 0 Å². The van der Waals surface area contributed by atoms with Gasteiger partial charge in [0.15, 0.2) is 0 Å². The third kappa shape index (κ3) is 6.33. The maximum atomic E-state index is 12.1. The van der Waals surface area contributed by atoms with Gasteiger partial charge in [-0.3, -0.25) is 0 Å². The molecule has 25 heavy (non-hydrogen) atoms. The molecule has 0 aliphatic rings. The molecule has 2 rings (SSSR count). The molecule has 11 heteroatoms. The molecular formula is C14H7Cl4F6N. The summed E-state index contributed by atoms with van der Waals surface area (Å²) in [6.07, 6.45) is -8.82. The number of nitrogen functional groups attached to an aromatic ring is 1. The molecule has 0 spiro atoms. The van der Waals surface area contributed by atoms with E-state index < -0.39 is 23.5 Å². The molecule has 2 aromatic carbocycles. The molecule has 0 saturated heterocycles. The highest BCUT2D eigenvalue weighted by Gasteiger charge is 2.32. The molecule has 2 N–H and O–H groups in total. The van der Waals surface area contributed by atoms with Gasteiger partial charge in [0, 0.05) is 0 Å². The van der Waals surface area contributed by atoms with Crippen molar-refractivity contribution in [3.05, 3.63) is 61.5 Å². The Hall–Kier alpha value is -1.02. The summed E-state index contributed by atoms with van der Waals surface area (Å²) in [5, 5.41) is -0.365. The van der Waals surface area contributed by atoms with Crippen molar-refractivity contribution in [3.63, 3.8) is 0 Å². The molecule has 2 aromatic rings. The van der Waals surface area contributed by atoms with Crippen molar-refractivity contribution in [1.29, 1.82) is 0 Å². The number of benzene rings is 2. The SMILES string of the molecule is FC(F)(F)c1ccc(Cl)c(Cl)c1.Nc1c(Cl)cc(C(F)(F)F)cc1Cl. The van der Waals surface area contributed by atoms with Gasteiger partial charge in [0.2, 0.25) is 0 Å². The quantitative estimate of drug-likeness (QED) is 0.328. The summed E-state index contributed by atoms with van der Waals surface area (Å²) in [7, 11) is 0. The van der Waals surface area contributed by atoms with E-state index in [1.807, 2.05) is 0 Å². The fraction of sp³-hybridized carbons (Fsp3) is 0.143. The van der Waals surface area contributed by atoms with Crippen LogP contribution in [0.2, 0.25) is 20.1 Å². The molecular weight excluding hydrogens is 438 g/mol. The minimum atomic E-state index is -4.46. The van der Waals surface area contributed by atoms with Crippen LogP contribution in [0.1, 0.15) is 11.1 Å². The molecule has 0 saturated carbocycles. The smallest absolute Gasteiger partial charge is 0.396 e. The predicted molar refractivity (Wildman–Crippen MR) is 87.3 cm³/mol. The monoisotopic (exact) mass is 443 g/mol. The van der Waals surface area contributed by atoms with Crippen molar-refractivity contribution < 1.29 is 26.3 Å². The van der Waals surface area contributed by atoms with Crippen LogP contribution < -0.4 is 5.73 Å². The van der Waals surface area contributed by atoms with E-state index in [0.29, 0.717) is 0 Å². The standard InChI is InChI=1S/C7H4Cl2F3N.C7H3Cl2F3/c8-4-1-3(7(10,11)12)2-5(9)6(4)13;8-5-2-1-4(3-6(5)9)7(10,11)12/h1-2H,13H2;1-3H. The van der Waals surface area contributed by atoms with Crippen molar-refractivity contribution in [1.82, 2.24) is 0 Å². The zero-order chi connectivity index (χ0) is 19.6. The van der Waals surface area contributed by atoms with Crippen LogP contribution in [0.3, 0.4) is 0 Å². The van der Waals surface area contributed by atoms with E-state index in [4.69, 9.17) is 52.1 Å². The lowest BCUT2D eigenvalue weighted by Crippen LogP contribution is -2.05. The molecule has 0 fully saturated rings. The van der Waals surface area contributed by atoms with Gasteiger partial charge in [-0.2, -0.15) is 26.3 Å². The molecule has 0 aliphatic heterocycles. The zero-order valence-electron chi connectivity index (χ0n) is 11.7. The van der Waals surface area contributed by atoms with E-state index in [9.17, 15) is 26.3 Å². The molecule has 138 valence electrons. The Bertz CT molecular complexity index is 735. The Labute approximate surface area is 158 Å². The highest BCUT2D eigenvalue weighted by molar-refractivity contribution is 6.42. The number of hydrogen-bond acceptors (Lipinski definition) is 1. The summed E-state index contributed by atoms with van der Waals surface area (Å²) in [6, 6.07) is 4.27. The summed E-state index contributed by atoms with van der Waals surface area (Å²) < 4.78 is 72.4. The summed E-state index contributed by atoms with van der Waals surface area (Å²) in [6.45, 7) is 0. The average Bonchev–Trinajstić information content (AvgIpc) is 2.45. The van der Waals surface area contributed by atoms with Crippen molar-refractivity contribution in [2.45, 2.75) is 12.4 Å². The Morgan fingerprint density at radius 2 is 1.00 bits per heavy atom. The molecule has 0 aromatic heterocycles. The largest absolute Gasteiger partial charge is 0.416 e. The molecule has 0 atom stereocenters. The molecule has 0 amide bonds. The second-order valence-corrected chi connectivity index (χ2v) is 6.11. The first-order valence-electron chi connectivity index (χ1n) is 6.07. The predicted octanol–water partition coefficient (Wildman–Crippen LogP) is 7.61. The Morgan fingerprint density at radius 1 is 0.600 bits per heavy atom. The van der Waals surface area contributed by atoms with Crippen LogP contribution in [-0.2, 0) is 12.4 Å². The first-order valence-corrected chi connectivity index (χ1v) is 7.58. The molecule has 0 unspecified atom stereocenters. The maximum Gasteiger partial charge on any atom is 0.416 e. The molecule has 0 bridgehead atoms. The van der Waals surface area contributed by atoms with Gasteiger partial charge < -0.3 is 5.73 Å². The second-order valence-electron chi connectivity index (χ2n) is 4.48. The number of anilines is 1. The first-order chi connectivity index (χ1) is 11.2. The Balaban J connectivity index is 0.000000251. The van der Waals surface area contributed by atoms with Crippen molar-refractivity contribution in [2.24, 2.45) is 0 Å². The van der Waals surface area contributed by atoms with Crippen molar-refractivity contribution >= 4 is 52.1 Å². The van der Waals surface area contributed by atoms with Crippen molar-refractivity contribution in [3.8, 4) is 0 Å². The summed E-state index contributed by atoms with van der Waals surface area (Å²) in [5.41, 5.74) is 3.52. The Kier molecular flexibility index (Phi) is 7.15. The summed E-state index contributed by atoms with van der Waals surface area (Å²) >= 11 is 21.7. The lowest BCUT2D eigenvalue weighted by molar-refractivity contribution is -0.138. The highest BCUT2D eigenvalue weighted by Crippen LogP contribution is 2.37. The lowest BCUT2D eigenvalue weighted by atomic mass is 10.2. The van der Waals surface area contributed by atoms with Gasteiger partial charge in [-0.15, -0.1) is 0 Å². The van der Waals surface area contributed by atoms with E-state index >= 15 is 0 Å². The first kappa shape index (κ1) is 22.0. The lowest BCUT2D eigenvalue weighted by Gasteiger charge is -2.09. The molecule has 1 nitrogen and oxygen atoms in total. The fourth-order valence-corrected chi connectivity index (χ4v) is 2.21. The van der Waals surface area contributed by atoms with E-state index in [1.54, 1.807) is 0 Å². The minimum Gasteiger partial charge on any atom is -0.396 e. The number of nitrogens with two attached hydrogens (primary N) is 1. The maximum absolute atomic E-state index is 12.1. The summed E-state index contributed by atoms with van der Waals surface area (Å²) in [4.78, 5) is 0. The normalized spacial score (nSPS) is 11.8. The van der Waals surface area contributed by atoms with Crippen LogP contribution in [0, 0.1) is 0 Å². The number of hydrogen-bond donors (Lipinski definition) is 1. The van der Waals surface area contributed by atoms with Gasteiger partial charge in [0.25, 0.3) is 0 Å². The van der Waals surface area contributed by atoms with E-state index in [1.165, 1.54) is 0 Å². The van der Waals surface area contributed by atoms with Gasteiger partial charge >= 0.3 is 12.4 Å². The third-order valence-electron chi connectivity index (χ3n) is 2.65. The number of halogens is 10. The van der Waals surface area contributed by atoms with Crippen LogP contribution in [-0.4, -0.2) is 0 Å². The topological polar surface area (TPSA) is 26.0 Å². The second kappa shape index (κ2) is 8.12. The van der Waals surface area contributed by atoms with E-state index in [2.05, 4.69) is 0 Å². The van der Waals surface area contributed by atoms with Crippen LogP contribution >= 0.6 is 46.4 Å². The molecule has 0 heterocycles. The average molecular weight is 445 g/mol. The van der Waals surface area contributed by atoms with Crippen LogP contribution in [0.5, 0.6) is 0 Å². The number of rotatable bonds is 0. The van der Waals surface area contributed by atoms with E-state index in [0.717, 1.165) is 30.3 Å². The van der Waals surface area contributed by atoms with Gasteiger partial charge in [0.1, 0.15) is 0 Å². The number of alkyl halides is 6. The zero-order valence-corrected chi connectivity index (χ0v) is 14.8. The molecule has 0 aliphatic carbocycles. The highest BCUT2D eigenvalue weighted by atomic mass is 35.5. The van der Waals surface area contributed by atoms with Crippen molar-refractivity contribution in [2.75, 3.05) is 5.73 Å². The van der Waals surface area contributed by atoms with E-state index in [-0.39, 0.29) is 25.8 Å². The fourth-order valence-electron chi connectivity index (χ4n) is 1.42. The Morgan fingerprint density at radius 3 is 1.36 bits per heavy atom. The van der Waals surface area contributed by atoms with Crippen LogP contribution in [0.15, 0.2) is 30.3 Å². The summed E-state index contributed by atoms with van der Waals surface area (Å²) in [5.74, 6) is 0.